The van der Waals surface area contributed by atoms with Gasteiger partial charge in [0.2, 0.25) is 5.95 Å². The third-order valence-electron chi connectivity index (χ3n) is 6.19. The van der Waals surface area contributed by atoms with Crippen molar-refractivity contribution in [2.24, 2.45) is 7.05 Å². The molecule has 3 aromatic rings. The lowest BCUT2D eigenvalue weighted by atomic mass is 10.1. The third-order valence-corrected chi connectivity index (χ3v) is 6.19. The maximum atomic E-state index is 12.7. The van der Waals surface area contributed by atoms with Gasteiger partial charge >= 0.3 is 5.69 Å². The number of rotatable bonds is 6. The van der Waals surface area contributed by atoms with E-state index >= 15 is 0 Å². The van der Waals surface area contributed by atoms with Gasteiger partial charge < -0.3 is 19.3 Å². The first kappa shape index (κ1) is 22.1. The van der Waals surface area contributed by atoms with E-state index in [2.05, 4.69) is 14.9 Å². The fourth-order valence-electron chi connectivity index (χ4n) is 4.17. The molecule has 32 heavy (non-hydrogen) atoms. The molecule has 9 nitrogen and oxygen atoms in total. The molecule has 3 heterocycles. The predicted octanol–water partition coefficient (Wildman–Crippen LogP) is 1.86. The first-order valence-corrected chi connectivity index (χ1v) is 11.2. The number of imidazole rings is 1. The summed E-state index contributed by atoms with van der Waals surface area (Å²) in [6.45, 7) is 5.90. The van der Waals surface area contributed by atoms with E-state index in [1.165, 1.54) is 10.1 Å². The second-order valence-electron chi connectivity index (χ2n) is 8.63. The number of benzene rings is 1. The van der Waals surface area contributed by atoms with Crippen LogP contribution < -0.4 is 20.9 Å². The molecule has 1 atom stereocenters. The van der Waals surface area contributed by atoms with Crippen molar-refractivity contribution in [2.75, 3.05) is 24.6 Å². The number of fused-ring (bicyclic) bond motifs is 1. The number of hydrogen-bond acceptors (Lipinski definition) is 6. The van der Waals surface area contributed by atoms with Crippen LogP contribution in [0.15, 0.2) is 27.8 Å². The molecule has 0 amide bonds. The summed E-state index contributed by atoms with van der Waals surface area (Å²) in [6, 6.07) is 5.81. The summed E-state index contributed by atoms with van der Waals surface area (Å²) in [5.41, 5.74) is 1.90. The molecule has 1 saturated heterocycles. The quantitative estimate of drug-likeness (QED) is 0.605. The summed E-state index contributed by atoms with van der Waals surface area (Å²) < 4.78 is 8.87. The number of H-pyrrole nitrogens is 1. The maximum Gasteiger partial charge on any atom is 0.329 e. The van der Waals surface area contributed by atoms with Crippen LogP contribution in [0.1, 0.15) is 36.8 Å². The van der Waals surface area contributed by atoms with E-state index in [0.717, 1.165) is 44.3 Å². The number of aromatic amines is 1. The number of aromatic nitrogens is 4. The minimum atomic E-state index is -0.864. The molecule has 9 heteroatoms. The Labute approximate surface area is 186 Å². The Morgan fingerprint density at radius 3 is 2.53 bits per heavy atom. The molecule has 0 bridgehead atoms. The van der Waals surface area contributed by atoms with Crippen molar-refractivity contribution in [3.63, 3.8) is 0 Å². The molecule has 2 aromatic heterocycles. The van der Waals surface area contributed by atoms with Crippen LogP contribution in [0.5, 0.6) is 5.75 Å². The summed E-state index contributed by atoms with van der Waals surface area (Å²) in [6.07, 6.45) is 3.52. The molecule has 0 unspecified atom stereocenters. The Balaban J connectivity index is 1.65. The van der Waals surface area contributed by atoms with Crippen LogP contribution in [0.2, 0.25) is 0 Å². The average molecular weight is 442 g/mol. The SMILES string of the molecule is Cc1ccc(OC[C@@H](O)Cn2c(N3CCCCCC3)nc3c2c(=O)[nH]c(=O)n3C)cc1C. The van der Waals surface area contributed by atoms with Crippen LogP contribution in [0.25, 0.3) is 11.2 Å². The molecular weight excluding hydrogens is 410 g/mol. The van der Waals surface area contributed by atoms with E-state index < -0.39 is 17.4 Å². The van der Waals surface area contributed by atoms with Gasteiger partial charge in [-0.05, 0) is 49.9 Å². The van der Waals surface area contributed by atoms with Crippen molar-refractivity contribution in [1.82, 2.24) is 19.1 Å². The van der Waals surface area contributed by atoms with Gasteiger partial charge in [0.1, 0.15) is 18.5 Å². The van der Waals surface area contributed by atoms with Crippen molar-refractivity contribution in [3.8, 4) is 5.75 Å². The number of nitrogens with one attached hydrogen (secondary N) is 1. The summed E-state index contributed by atoms with van der Waals surface area (Å²) in [5.74, 6) is 1.30. The Morgan fingerprint density at radius 1 is 1.12 bits per heavy atom. The van der Waals surface area contributed by atoms with Gasteiger partial charge in [0.05, 0.1) is 6.54 Å². The first-order valence-electron chi connectivity index (χ1n) is 11.2. The Bertz CT molecular complexity index is 1220. The van der Waals surface area contributed by atoms with Crippen LogP contribution in [0.3, 0.4) is 0 Å². The standard InChI is InChI=1S/C23H31N5O4/c1-15-8-9-18(12-16(15)2)32-14-17(29)13-28-19-20(26(3)23(31)25-21(19)30)24-22(28)27-10-6-4-5-7-11-27/h8-9,12,17,29H,4-7,10-11,13-14H2,1-3H3,(H,25,30,31)/t17-/m0/s1. The highest BCUT2D eigenvalue weighted by Gasteiger charge is 2.24. The van der Waals surface area contributed by atoms with Gasteiger partial charge in [0.15, 0.2) is 11.2 Å². The number of aryl methyl sites for hydroxylation is 3. The van der Waals surface area contributed by atoms with Gasteiger partial charge in [-0.15, -0.1) is 0 Å². The van der Waals surface area contributed by atoms with Gasteiger partial charge in [0, 0.05) is 20.1 Å². The molecular formula is C23H31N5O4. The molecule has 0 radical (unpaired) electrons. The van der Waals surface area contributed by atoms with Gasteiger partial charge in [-0.1, -0.05) is 18.9 Å². The van der Waals surface area contributed by atoms with Crippen LogP contribution in [0.4, 0.5) is 5.95 Å². The zero-order valence-corrected chi connectivity index (χ0v) is 18.9. The number of aliphatic hydroxyl groups excluding tert-OH is 1. The van der Waals surface area contributed by atoms with E-state index in [1.807, 2.05) is 32.0 Å². The number of hydrogen-bond donors (Lipinski definition) is 2. The fourth-order valence-corrected chi connectivity index (χ4v) is 4.17. The predicted molar refractivity (Wildman–Crippen MR) is 124 cm³/mol. The van der Waals surface area contributed by atoms with Crippen molar-refractivity contribution in [1.29, 1.82) is 0 Å². The van der Waals surface area contributed by atoms with Crippen molar-refractivity contribution >= 4 is 17.1 Å². The van der Waals surface area contributed by atoms with Gasteiger partial charge in [-0.25, -0.2) is 4.79 Å². The van der Waals surface area contributed by atoms with Crippen molar-refractivity contribution in [3.05, 3.63) is 50.2 Å². The second kappa shape index (κ2) is 9.20. The molecule has 0 saturated carbocycles. The minimum absolute atomic E-state index is 0.0747. The summed E-state index contributed by atoms with van der Waals surface area (Å²) in [4.78, 5) is 34.0. The van der Waals surface area contributed by atoms with Gasteiger partial charge in [0.25, 0.3) is 5.56 Å². The highest BCUT2D eigenvalue weighted by Crippen LogP contribution is 2.23. The van der Waals surface area contributed by atoms with Crippen LogP contribution in [-0.4, -0.2) is 50.0 Å². The smallest absolute Gasteiger partial charge is 0.329 e. The Morgan fingerprint density at radius 2 is 1.84 bits per heavy atom. The van der Waals surface area contributed by atoms with Crippen LogP contribution >= 0.6 is 0 Å². The summed E-state index contributed by atoms with van der Waals surface area (Å²) >= 11 is 0. The van der Waals surface area contributed by atoms with Crippen molar-refractivity contribution in [2.45, 2.75) is 52.2 Å². The molecule has 0 spiro atoms. The zero-order chi connectivity index (χ0) is 22.8. The van der Waals surface area contributed by atoms with E-state index in [4.69, 9.17) is 4.74 Å². The van der Waals surface area contributed by atoms with E-state index in [1.54, 1.807) is 11.6 Å². The van der Waals surface area contributed by atoms with E-state index in [9.17, 15) is 14.7 Å². The number of anilines is 1. The second-order valence-corrected chi connectivity index (χ2v) is 8.63. The lowest BCUT2D eigenvalue weighted by molar-refractivity contribution is 0.0936. The van der Waals surface area contributed by atoms with Crippen molar-refractivity contribution < 1.29 is 9.84 Å². The molecule has 172 valence electrons. The number of aliphatic hydroxyl groups is 1. The first-order chi connectivity index (χ1) is 15.3. The molecule has 1 aliphatic heterocycles. The highest BCUT2D eigenvalue weighted by atomic mass is 16.5. The fraction of sp³-hybridized carbons (Fsp3) is 0.522. The summed E-state index contributed by atoms with van der Waals surface area (Å²) in [7, 11) is 1.59. The third kappa shape index (κ3) is 4.43. The molecule has 2 N–H and O–H groups in total. The molecule has 0 aliphatic carbocycles. The normalized spacial score (nSPS) is 15.7. The maximum absolute atomic E-state index is 12.7. The Hall–Kier alpha value is -3.07. The van der Waals surface area contributed by atoms with Gasteiger partial charge in [-0.2, -0.15) is 4.98 Å². The summed E-state index contributed by atoms with van der Waals surface area (Å²) in [5, 5.41) is 10.8. The zero-order valence-electron chi connectivity index (χ0n) is 18.9. The number of ether oxygens (including phenoxy) is 1. The van der Waals surface area contributed by atoms with E-state index in [0.29, 0.717) is 17.3 Å². The largest absolute Gasteiger partial charge is 0.491 e. The lowest BCUT2D eigenvalue weighted by Gasteiger charge is -2.23. The molecule has 4 rings (SSSR count). The molecule has 1 aromatic carbocycles. The molecule has 1 aliphatic rings. The molecule has 1 fully saturated rings. The van der Waals surface area contributed by atoms with Crippen LogP contribution in [-0.2, 0) is 13.6 Å². The number of nitrogens with zero attached hydrogens (tertiary/aromatic N) is 4. The van der Waals surface area contributed by atoms with E-state index in [-0.39, 0.29) is 18.7 Å². The average Bonchev–Trinajstić information content (AvgIpc) is 2.94. The minimum Gasteiger partial charge on any atom is -0.491 e. The highest BCUT2D eigenvalue weighted by molar-refractivity contribution is 5.74. The topological polar surface area (TPSA) is 105 Å². The Kier molecular flexibility index (Phi) is 6.36. The lowest BCUT2D eigenvalue weighted by Crippen LogP contribution is -2.32. The van der Waals surface area contributed by atoms with Gasteiger partial charge in [-0.3, -0.25) is 14.3 Å². The van der Waals surface area contributed by atoms with Crippen LogP contribution in [0, 0.1) is 13.8 Å². The monoisotopic (exact) mass is 441 g/mol.